The highest BCUT2D eigenvalue weighted by Crippen LogP contribution is 2.29. The lowest BCUT2D eigenvalue weighted by Gasteiger charge is -2.16. The Morgan fingerprint density at radius 3 is 2.56 bits per heavy atom. The van der Waals surface area contributed by atoms with Gasteiger partial charge in [-0.3, -0.25) is 0 Å². The Morgan fingerprint density at radius 1 is 1.06 bits per heavy atom. The Labute approximate surface area is 109 Å². The smallest absolute Gasteiger partial charge is 0.132 e. The molecule has 18 heavy (non-hydrogen) atoms. The first-order valence-corrected chi connectivity index (χ1v) is 6.21. The van der Waals surface area contributed by atoms with Crippen LogP contribution in [0.15, 0.2) is 48.5 Å². The number of hydrogen-bond donors (Lipinski definition) is 1. The second-order valence-corrected chi connectivity index (χ2v) is 4.47. The maximum absolute atomic E-state index is 5.97. The molecule has 0 aliphatic carbocycles. The number of para-hydroxylation sites is 1. The summed E-state index contributed by atoms with van der Waals surface area (Å²) in [5.74, 6) is 1.79. The molecule has 0 saturated carbocycles. The Morgan fingerprint density at radius 2 is 1.83 bits per heavy atom. The van der Waals surface area contributed by atoms with E-state index >= 15 is 0 Å². The quantitative estimate of drug-likeness (QED) is 0.871. The second-order valence-electron chi connectivity index (χ2n) is 4.47. The standard InChI is InChI=1S/C16H19NO/c1-12-7-6-8-14(11-12)18-16-10-5-4-9-15(16)13(2)17-3/h4-11,13,17H,1-3H3. The van der Waals surface area contributed by atoms with E-state index in [-0.39, 0.29) is 6.04 Å². The van der Waals surface area contributed by atoms with E-state index in [4.69, 9.17) is 4.74 Å². The summed E-state index contributed by atoms with van der Waals surface area (Å²) in [6.45, 7) is 4.19. The molecule has 0 fully saturated rings. The van der Waals surface area contributed by atoms with Crippen molar-refractivity contribution in [1.29, 1.82) is 0 Å². The molecular weight excluding hydrogens is 222 g/mol. The van der Waals surface area contributed by atoms with Crippen molar-refractivity contribution in [3.05, 3.63) is 59.7 Å². The largest absolute Gasteiger partial charge is 0.457 e. The van der Waals surface area contributed by atoms with Crippen LogP contribution in [-0.2, 0) is 0 Å². The minimum Gasteiger partial charge on any atom is -0.457 e. The molecule has 2 aromatic carbocycles. The molecule has 1 atom stereocenters. The van der Waals surface area contributed by atoms with Crippen molar-refractivity contribution >= 4 is 0 Å². The van der Waals surface area contributed by atoms with Crippen molar-refractivity contribution in [3.8, 4) is 11.5 Å². The highest BCUT2D eigenvalue weighted by molar-refractivity contribution is 5.40. The molecule has 2 aromatic rings. The van der Waals surface area contributed by atoms with E-state index in [0.29, 0.717) is 0 Å². The van der Waals surface area contributed by atoms with Gasteiger partial charge in [-0.15, -0.1) is 0 Å². The van der Waals surface area contributed by atoms with Gasteiger partial charge in [0.05, 0.1) is 0 Å². The molecule has 0 spiro atoms. The van der Waals surface area contributed by atoms with Gasteiger partial charge in [0.15, 0.2) is 0 Å². The van der Waals surface area contributed by atoms with Crippen LogP contribution in [0.2, 0.25) is 0 Å². The summed E-state index contributed by atoms with van der Waals surface area (Å²) in [5, 5.41) is 3.24. The van der Waals surface area contributed by atoms with Crippen molar-refractivity contribution in [1.82, 2.24) is 5.32 Å². The molecule has 1 unspecified atom stereocenters. The zero-order valence-electron chi connectivity index (χ0n) is 11.1. The van der Waals surface area contributed by atoms with Gasteiger partial charge in [-0.05, 0) is 44.7 Å². The average Bonchev–Trinajstić information content (AvgIpc) is 2.38. The zero-order chi connectivity index (χ0) is 13.0. The van der Waals surface area contributed by atoms with Crippen molar-refractivity contribution < 1.29 is 4.74 Å². The summed E-state index contributed by atoms with van der Waals surface area (Å²) in [7, 11) is 1.95. The van der Waals surface area contributed by atoms with E-state index in [9.17, 15) is 0 Å². The minimum atomic E-state index is 0.269. The molecule has 0 radical (unpaired) electrons. The van der Waals surface area contributed by atoms with E-state index in [1.165, 1.54) is 11.1 Å². The van der Waals surface area contributed by atoms with Gasteiger partial charge < -0.3 is 10.1 Å². The molecule has 0 aromatic heterocycles. The molecule has 0 aliphatic rings. The number of hydrogen-bond acceptors (Lipinski definition) is 2. The van der Waals surface area contributed by atoms with E-state index in [0.717, 1.165) is 11.5 Å². The summed E-state index contributed by atoms with van der Waals surface area (Å²) in [5.41, 5.74) is 2.37. The molecule has 0 amide bonds. The van der Waals surface area contributed by atoms with Crippen LogP contribution in [0.5, 0.6) is 11.5 Å². The first-order valence-electron chi connectivity index (χ1n) is 6.21. The van der Waals surface area contributed by atoms with Crippen LogP contribution in [0.4, 0.5) is 0 Å². The van der Waals surface area contributed by atoms with Gasteiger partial charge in [0, 0.05) is 11.6 Å². The van der Waals surface area contributed by atoms with Gasteiger partial charge in [0.2, 0.25) is 0 Å². The first kappa shape index (κ1) is 12.7. The summed E-state index contributed by atoms with van der Waals surface area (Å²) >= 11 is 0. The summed E-state index contributed by atoms with van der Waals surface area (Å²) in [6.07, 6.45) is 0. The fourth-order valence-electron chi connectivity index (χ4n) is 1.89. The molecule has 0 aliphatic heterocycles. The lowest BCUT2D eigenvalue weighted by Crippen LogP contribution is -2.13. The first-order chi connectivity index (χ1) is 8.70. The molecule has 94 valence electrons. The second kappa shape index (κ2) is 5.69. The predicted octanol–water partition coefficient (Wildman–Crippen LogP) is 4.07. The third kappa shape index (κ3) is 2.90. The maximum atomic E-state index is 5.97. The van der Waals surface area contributed by atoms with Crippen molar-refractivity contribution in [2.45, 2.75) is 19.9 Å². The monoisotopic (exact) mass is 241 g/mol. The Bertz CT molecular complexity index is 522. The Balaban J connectivity index is 2.29. The molecule has 0 saturated heterocycles. The number of ether oxygens (including phenoxy) is 1. The van der Waals surface area contributed by atoms with Crippen LogP contribution >= 0.6 is 0 Å². The SMILES string of the molecule is CNC(C)c1ccccc1Oc1cccc(C)c1. The highest BCUT2D eigenvalue weighted by atomic mass is 16.5. The van der Waals surface area contributed by atoms with Gasteiger partial charge >= 0.3 is 0 Å². The van der Waals surface area contributed by atoms with Gasteiger partial charge in [-0.2, -0.15) is 0 Å². The van der Waals surface area contributed by atoms with Gasteiger partial charge in [-0.25, -0.2) is 0 Å². The minimum absolute atomic E-state index is 0.269. The van der Waals surface area contributed by atoms with Crippen LogP contribution in [0.25, 0.3) is 0 Å². The summed E-state index contributed by atoms with van der Waals surface area (Å²) in [6, 6.07) is 16.5. The van der Waals surface area contributed by atoms with Crippen LogP contribution in [0.3, 0.4) is 0 Å². The highest BCUT2D eigenvalue weighted by Gasteiger charge is 2.09. The fraction of sp³-hybridized carbons (Fsp3) is 0.250. The van der Waals surface area contributed by atoms with Crippen LogP contribution in [-0.4, -0.2) is 7.05 Å². The summed E-state index contributed by atoms with van der Waals surface area (Å²) < 4.78 is 5.97. The number of rotatable bonds is 4. The van der Waals surface area contributed by atoms with Crippen molar-refractivity contribution in [2.24, 2.45) is 0 Å². The molecule has 1 N–H and O–H groups in total. The molecule has 2 nitrogen and oxygen atoms in total. The van der Waals surface area contributed by atoms with E-state index in [1.807, 2.05) is 43.4 Å². The third-order valence-corrected chi connectivity index (χ3v) is 3.04. The Hall–Kier alpha value is -1.80. The molecular formula is C16H19NO. The van der Waals surface area contributed by atoms with E-state index < -0.39 is 0 Å². The predicted molar refractivity (Wildman–Crippen MR) is 75.2 cm³/mol. The van der Waals surface area contributed by atoms with Crippen LogP contribution < -0.4 is 10.1 Å². The summed E-state index contributed by atoms with van der Waals surface area (Å²) in [4.78, 5) is 0. The molecule has 0 bridgehead atoms. The van der Waals surface area contributed by atoms with Crippen LogP contribution in [0.1, 0.15) is 24.1 Å². The lowest BCUT2D eigenvalue weighted by atomic mass is 10.1. The molecule has 2 heteroatoms. The maximum Gasteiger partial charge on any atom is 0.132 e. The van der Waals surface area contributed by atoms with E-state index in [1.54, 1.807) is 0 Å². The van der Waals surface area contributed by atoms with Crippen molar-refractivity contribution in [3.63, 3.8) is 0 Å². The number of aryl methyl sites for hydroxylation is 1. The topological polar surface area (TPSA) is 21.3 Å². The van der Waals surface area contributed by atoms with E-state index in [2.05, 4.69) is 31.3 Å². The number of nitrogens with one attached hydrogen (secondary N) is 1. The lowest BCUT2D eigenvalue weighted by molar-refractivity contribution is 0.466. The number of benzene rings is 2. The molecule has 0 heterocycles. The van der Waals surface area contributed by atoms with Gasteiger partial charge in [-0.1, -0.05) is 30.3 Å². The average molecular weight is 241 g/mol. The molecule has 2 rings (SSSR count). The third-order valence-electron chi connectivity index (χ3n) is 3.04. The van der Waals surface area contributed by atoms with Gasteiger partial charge in [0.25, 0.3) is 0 Å². The van der Waals surface area contributed by atoms with Gasteiger partial charge in [0.1, 0.15) is 11.5 Å². The zero-order valence-corrected chi connectivity index (χ0v) is 11.1. The van der Waals surface area contributed by atoms with Crippen molar-refractivity contribution in [2.75, 3.05) is 7.05 Å². The normalized spacial score (nSPS) is 12.2. The van der Waals surface area contributed by atoms with Crippen LogP contribution in [0, 0.1) is 6.92 Å². The fourth-order valence-corrected chi connectivity index (χ4v) is 1.89. The Kier molecular flexibility index (Phi) is 4.00.